The lowest BCUT2D eigenvalue weighted by atomic mass is 10.2. The minimum atomic E-state index is -0.579. The van der Waals surface area contributed by atoms with Crippen molar-refractivity contribution in [1.82, 2.24) is 0 Å². The fraction of sp³-hybridized carbons (Fsp3) is 0.500. The van der Waals surface area contributed by atoms with Crippen LogP contribution in [0, 0.1) is 0 Å². The van der Waals surface area contributed by atoms with Crippen LogP contribution >= 0.6 is 0 Å². The largest absolute Gasteiger partial charge is 0.427 e. The first-order valence-electron chi connectivity index (χ1n) is 2.86. The summed E-state index contributed by atoms with van der Waals surface area (Å²) in [4.78, 5) is 10.8. The fourth-order valence-corrected chi connectivity index (χ4v) is 1.22. The molecule has 0 spiro atoms. The zero-order chi connectivity index (χ0) is 7.28. The van der Waals surface area contributed by atoms with Crippen LogP contribution in [0.25, 0.3) is 0 Å². The SMILES string of the molecule is C=C(C)C(=O)C[SiH2]OC. The van der Waals surface area contributed by atoms with Crippen molar-refractivity contribution < 1.29 is 9.22 Å². The molecule has 0 aromatic heterocycles. The average Bonchev–Trinajstić information content (AvgIpc) is 1.82. The molecular weight excluding hydrogens is 132 g/mol. The van der Waals surface area contributed by atoms with Crippen LogP contribution in [-0.2, 0) is 9.22 Å². The lowest BCUT2D eigenvalue weighted by Crippen LogP contribution is -2.04. The topological polar surface area (TPSA) is 26.3 Å². The number of hydrogen-bond acceptors (Lipinski definition) is 2. The number of Topliss-reactive ketones (excluding diaryl/α,β-unsaturated/α-hetero) is 1. The molecule has 0 aliphatic carbocycles. The summed E-state index contributed by atoms with van der Waals surface area (Å²) in [6.07, 6.45) is 0. The maximum atomic E-state index is 10.8. The molecule has 9 heavy (non-hydrogen) atoms. The zero-order valence-electron chi connectivity index (χ0n) is 5.94. The van der Waals surface area contributed by atoms with Gasteiger partial charge in [0.1, 0.15) is 0 Å². The van der Waals surface area contributed by atoms with Crippen LogP contribution in [0.5, 0.6) is 0 Å². The molecule has 0 amide bonds. The fourth-order valence-electron chi connectivity index (χ4n) is 0.408. The maximum absolute atomic E-state index is 10.8. The van der Waals surface area contributed by atoms with E-state index in [9.17, 15) is 4.79 Å². The molecule has 0 saturated heterocycles. The minimum Gasteiger partial charge on any atom is -0.427 e. The number of carbonyl (C=O) groups is 1. The lowest BCUT2D eigenvalue weighted by Gasteiger charge is -1.95. The van der Waals surface area contributed by atoms with E-state index in [0.717, 1.165) is 0 Å². The van der Waals surface area contributed by atoms with E-state index in [1.54, 1.807) is 14.0 Å². The van der Waals surface area contributed by atoms with Gasteiger partial charge in [-0.15, -0.1) is 0 Å². The van der Waals surface area contributed by atoms with Crippen molar-refractivity contribution in [2.45, 2.75) is 13.0 Å². The van der Waals surface area contributed by atoms with E-state index in [1.165, 1.54) is 0 Å². The summed E-state index contributed by atoms with van der Waals surface area (Å²) in [5, 5.41) is 0. The van der Waals surface area contributed by atoms with Crippen LogP contribution in [-0.4, -0.2) is 22.7 Å². The quantitative estimate of drug-likeness (QED) is 0.418. The normalized spacial score (nSPS) is 10.4. The Kier molecular flexibility index (Phi) is 4.26. The second-order valence-corrected chi connectivity index (χ2v) is 3.43. The second-order valence-electron chi connectivity index (χ2n) is 1.95. The number of rotatable bonds is 4. The first-order valence-corrected chi connectivity index (χ1v) is 4.44. The van der Waals surface area contributed by atoms with Crippen LogP contribution in [0.1, 0.15) is 6.92 Å². The van der Waals surface area contributed by atoms with Crippen molar-refractivity contribution in [3.8, 4) is 0 Å². The summed E-state index contributed by atoms with van der Waals surface area (Å²) in [5.41, 5.74) is 0.638. The molecule has 0 aromatic carbocycles. The third-order valence-electron chi connectivity index (χ3n) is 1.01. The van der Waals surface area contributed by atoms with Crippen molar-refractivity contribution >= 4 is 15.5 Å². The molecule has 0 unspecified atom stereocenters. The van der Waals surface area contributed by atoms with Crippen LogP contribution in [0.4, 0.5) is 0 Å². The highest BCUT2D eigenvalue weighted by atomic mass is 28.2. The standard InChI is InChI=1S/C6H12O2Si/c1-5(2)6(7)4-9-8-3/h1,4,9H2,2-3H3. The third kappa shape index (κ3) is 4.11. The molecule has 0 aliphatic heterocycles. The average molecular weight is 144 g/mol. The van der Waals surface area contributed by atoms with Gasteiger partial charge in [-0.05, 0) is 12.5 Å². The molecule has 0 rings (SSSR count). The van der Waals surface area contributed by atoms with Gasteiger partial charge in [0, 0.05) is 13.2 Å². The van der Waals surface area contributed by atoms with Crippen molar-refractivity contribution in [3.05, 3.63) is 12.2 Å². The highest BCUT2D eigenvalue weighted by molar-refractivity contribution is 6.36. The van der Waals surface area contributed by atoms with E-state index in [-0.39, 0.29) is 5.78 Å². The minimum absolute atomic E-state index is 0.142. The molecule has 0 radical (unpaired) electrons. The van der Waals surface area contributed by atoms with Gasteiger partial charge in [0.15, 0.2) is 15.5 Å². The third-order valence-corrected chi connectivity index (χ3v) is 2.08. The van der Waals surface area contributed by atoms with Gasteiger partial charge in [-0.1, -0.05) is 6.58 Å². The van der Waals surface area contributed by atoms with E-state index in [1.807, 2.05) is 0 Å². The maximum Gasteiger partial charge on any atom is 0.168 e. The van der Waals surface area contributed by atoms with Gasteiger partial charge in [-0.3, -0.25) is 4.79 Å². The van der Waals surface area contributed by atoms with Crippen LogP contribution in [0.2, 0.25) is 6.04 Å². The zero-order valence-corrected chi connectivity index (χ0v) is 7.35. The Morgan fingerprint density at radius 1 is 1.78 bits per heavy atom. The van der Waals surface area contributed by atoms with Crippen LogP contribution in [0.3, 0.4) is 0 Å². The molecule has 0 aliphatic rings. The molecule has 0 bridgehead atoms. The predicted octanol–water partition coefficient (Wildman–Crippen LogP) is 0.280. The Hall–Kier alpha value is -0.413. The summed E-state index contributed by atoms with van der Waals surface area (Å²) >= 11 is 0. The van der Waals surface area contributed by atoms with Crippen molar-refractivity contribution in [2.75, 3.05) is 7.11 Å². The molecule has 0 saturated carbocycles. The molecular formula is C6H12O2Si. The van der Waals surface area contributed by atoms with E-state index in [4.69, 9.17) is 4.43 Å². The summed E-state index contributed by atoms with van der Waals surface area (Å²) in [5.74, 6) is 0.142. The van der Waals surface area contributed by atoms with Crippen LogP contribution < -0.4 is 0 Å². The lowest BCUT2D eigenvalue weighted by molar-refractivity contribution is -0.113. The van der Waals surface area contributed by atoms with Gasteiger partial charge in [0.25, 0.3) is 0 Å². The van der Waals surface area contributed by atoms with Gasteiger partial charge in [0.2, 0.25) is 0 Å². The van der Waals surface area contributed by atoms with Gasteiger partial charge in [-0.25, -0.2) is 0 Å². The molecule has 0 heterocycles. The van der Waals surface area contributed by atoms with E-state index in [2.05, 4.69) is 6.58 Å². The molecule has 52 valence electrons. The number of allylic oxidation sites excluding steroid dienone is 1. The Bertz CT molecular complexity index is 120. The Labute approximate surface area is 57.8 Å². The van der Waals surface area contributed by atoms with Gasteiger partial charge in [-0.2, -0.15) is 0 Å². The van der Waals surface area contributed by atoms with Gasteiger partial charge < -0.3 is 4.43 Å². The van der Waals surface area contributed by atoms with Crippen molar-refractivity contribution in [2.24, 2.45) is 0 Å². The predicted molar refractivity (Wildman–Crippen MR) is 40.2 cm³/mol. The van der Waals surface area contributed by atoms with E-state index in [0.29, 0.717) is 11.6 Å². The molecule has 0 fully saturated rings. The van der Waals surface area contributed by atoms with E-state index < -0.39 is 9.76 Å². The second kappa shape index (κ2) is 4.46. The highest BCUT2D eigenvalue weighted by Crippen LogP contribution is 1.93. The Morgan fingerprint density at radius 2 is 2.33 bits per heavy atom. The number of ketones is 1. The molecule has 0 aromatic rings. The number of hydrogen-bond donors (Lipinski definition) is 0. The summed E-state index contributed by atoms with van der Waals surface area (Å²) in [6, 6.07) is 0.589. The Morgan fingerprint density at radius 3 is 2.67 bits per heavy atom. The monoisotopic (exact) mass is 144 g/mol. The molecule has 2 nitrogen and oxygen atoms in total. The summed E-state index contributed by atoms with van der Waals surface area (Å²) in [6.45, 7) is 5.25. The van der Waals surface area contributed by atoms with Crippen molar-refractivity contribution in [3.63, 3.8) is 0 Å². The summed E-state index contributed by atoms with van der Waals surface area (Å²) in [7, 11) is 1.06. The highest BCUT2D eigenvalue weighted by Gasteiger charge is 2.00. The smallest absolute Gasteiger partial charge is 0.168 e. The van der Waals surface area contributed by atoms with Crippen LogP contribution in [0.15, 0.2) is 12.2 Å². The molecule has 0 N–H and O–H groups in total. The van der Waals surface area contributed by atoms with Gasteiger partial charge >= 0.3 is 0 Å². The Balaban J connectivity index is 3.39. The first kappa shape index (κ1) is 8.59. The summed E-state index contributed by atoms with van der Waals surface area (Å²) < 4.78 is 4.84. The van der Waals surface area contributed by atoms with Gasteiger partial charge in [0.05, 0.1) is 0 Å². The molecule has 3 heteroatoms. The molecule has 0 atom stereocenters. The van der Waals surface area contributed by atoms with E-state index >= 15 is 0 Å². The number of carbonyl (C=O) groups excluding carboxylic acids is 1. The first-order chi connectivity index (χ1) is 4.18. The van der Waals surface area contributed by atoms with Crippen molar-refractivity contribution in [1.29, 1.82) is 0 Å².